The lowest BCUT2D eigenvalue weighted by Crippen LogP contribution is -2.23. The molecule has 1 fully saturated rings. The number of anilines is 2. The number of aromatic nitrogens is 4. The van der Waals surface area contributed by atoms with E-state index in [2.05, 4.69) is 36.1 Å². The summed E-state index contributed by atoms with van der Waals surface area (Å²) in [6.07, 6.45) is 9.12. The van der Waals surface area contributed by atoms with Gasteiger partial charge in [-0.1, -0.05) is 19.3 Å². The number of nitrogens with zero attached hydrogens (tertiary/aromatic N) is 5. The lowest BCUT2D eigenvalue weighted by molar-refractivity contribution is 0.314. The molecule has 1 saturated carbocycles. The predicted molar refractivity (Wildman–Crippen MR) is 87.8 cm³/mol. The van der Waals surface area contributed by atoms with Crippen LogP contribution >= 0.6 is 0 Å². The summed E-state index contributed by atoms with van der Waals surface area (Å²) in [5, 5.41) is 15.1. The summed E-state index contributed by atoms with van der Waals surface area (Å²) in [5.74, 6) is 1.72. The van der Waals surface area contributed by atoms with Gasteiger partial charge in [0.2, 0.25) is 11.3 Å². The molecule has 4 rings (SSSR count). The molecule has 24 heavy (non-hydrogen) atoms. The molecule has 3 aromatic heterocycles. The van der Waals surface area contributed by atoms with Crippen molar-refractivity contribution in [3.05, 3.63) is 24.2 Å². The number of fused-ring (bicyclic) bond motifs is 1. The molecule has 3 aromatic rings. The van der Waals surface area contributed by atoms with Crippen LogP contribution in [0.2, 0.25) is 0 Å². The van der Waals surface area contributed by atoms with E-state index in [1.807, 2.05) is 6.07 Å². The molecule has 9 nitrogen and oxygen atoms in total. The Morgan fingerprint density at radius 3 is 2.62 bits per heavy atom. The second kappa shape index (κ2) is 6.65. The Morgan fingerprint density at radius 2 is 1.88 bits per heavy atom. The van der Waals surface area contributed by atoms with Gasteiger partial charge >= 0.3 is 0 Å². The van der Waals surface area contributed by atoms with Gasteiger partial charge in [0.05, 0.1) is 12.5 Å². The first-order valence-electron chi connectivity index (χ1n) is 7.98. The van der Waals surface area contributed by atoms with Crippen molar-refractivity contribution in [2.24, 2.45) is 5.10 Å². The zero-order chi connectivity index (χ0) is 16.2. The van der Waals surface area contributed by atoms with Gasteiger partial charge < -0.3 is 9.73 Å². The summed E-state index contributed by atoms with van der Waals surface area (Å²) in [6.45, 7) is 0. The molecule has 0 aliphatic heterocycles. The van der Waals surface area contributed by atoms with E-state index >= 15 is 0 Å². The normalized spacial score (nSPS) is 16.0. The van der Waals surface area contributed by atoms with Crippen LogP contribution in [-0.2, 0) is 0 Å². The Kier molecular flexibility index (Phi) is 4.05. The van der Waals surface area contributed by atoms with Crippen molar-refractivity contribution in [2.75, 3.05) is 10.7 Å². The Bertz CT molecular complexity index is 822. The molecule has 0 atom stereocenters. The molecule has 0 bridgehead atoms. The highest BCUT2D eigenvalue weighted by Crippen LogP contribution is 2.25. The van der Waals surface area contributed by atoms with Gasteiger partial charge in [0, 0.05) is 6.04 Å². The Morgan fingerprint density at radius 1 is 1.08 bits per heavy atom. The number of hydrogen-bond donors (Lipinski definition) is 2. The van der Waals surface area contributed by atoms with E-state index in [9.17, 15) is 0 Å². The first-order valence-corrected chi connectivity index (χ1v) is 7.98. The molecule has 124 valence electrons. The first kappa shape index (κ1) is 14.6. The van der Waals surface area contributed by atoms with Crippen molar-refractivity contribution >= 4 is 29.1 Å². The van der Waals surface area contributed by atoms with Gasteiger partial charge in [0.15, 0.2) is 11.6 Å². The fourth-order valence-electron chi connectivity index (χ4n) is 2.78. The van der Waals surface area contributed by atoms with Crippen LogP contribution in [0, 0.1) is 0 Å². The minimum atomic E-state index is 0.333. The van der Waals surface area contributed by atoms with Gasteiger partial charge in [-0.25, -0.2) is 9.61 Å². The largest absolute Gasteiger partial charge is 0.463 e. The van der Waals surface area contributed by atoms with Crippen molar-refractivity contribution in [2.45, 2.75) is 38.1 Å². The van der Waals surface area contributed by atoms with E-state index in [-0.39, 0.29) is 0 Å². The smallest absolute Gasteiger partial charge is 0.245 e. The zero-order valence-corrected chi connectivity index (χ0v) is 13.0. The average Bonchev–Trinajstić information content (AvgIpc) is 3.27. The molecular formula is C15H17N7O2. The van der Waals surface area contributed by atoms with E-state index in [1.54, 1.807) is 18.5 Å². The number of rotatable bonds is 5. The molecular weight excluding hydrogens is 310 g/mol. The van der Waals surface area contributed by atoms with Crippen LogP contribution in [0.1, 0.15) is 37.9 Å². The van der Waals surface area contributed by atoms with Crippen molar-refractivity contribution in [1.29, 1.82) is 0 Å². The van der Waals surface area contributed by atoms with Crippen molar-refractivity contribution in [3.8, 4) is 0 Å². The maximum Gasteiger partial charge on any atom is 0.245 e. The fourth-order valence-corrected chi connectivity index (χ4v) is 2.78. The van der Waals surface area contributed by atoms with E-state index in [4.69, 9.17) is 9.05 Å². The van der Waals surface area contributed by atoms with E-state index in [1.165, 1.54) is 19.3 Å². The average molecular weight is 327 g/mol. The third-order valence-corrected chi connectivity index (χ3v) is 3.97. The molecule has 0 aromatic carbocycles. The minimum Gasteiger partial charge on any atom is -0.463 e. The van der Waals surface area contributed by atoms with Crippen molar-refractivity contribution < 1.29 is 9.05 Å². The van der Waals surface area contributed by atoms with E-state index in [0.717, 1.165) is 12.8 Å². The fraction of sp³-hybridized carbons (Fsp3) is 0.400. The topological polar surface area (TPSA) is 114 Å². The first-order chi connectivity index (χ1) is 11.9. The molecule has 9 heteroatoms. The Balaban J connectivity index is 1.57. The summed E-state index contributed by atoms with van der Waals surface area (Å²) >= 11 is 0. The maximum absolute atomic E-state index is 5.20. The Labute approximate surface area is 137 Å². The zero-order valence-electron chi connectivity index (χ0n) is 13.0. The number of furan rings is 1. The van der Waals surface area contributed by atoms with Gasteiger partial charge in [-0.2, -0.15) is 10.1 Å². The number of nitrogens with one attached hydrogen (secondary N) is 2. The second-order valence-electron chi connectivity index (χ2n) is 5.70. The quantitative estimate of drug-likeness (QED) is 0.543. The maximum atomic E-state index is 5.20. The van der Waals surface area contributed by atoms with Crippen LogP contribution in [0.15, 0.2) is 32.5 Å². The van der Waals surface area contributed by atoms with Gasteiger partial charge in [-0.3, -0.25) is 5.43 Å². The molecule has 0 amide bonds. The van der Waals surface area contributed by atoms with Gasteiger partial charge in [-0.15, -0.1) is 0 Å². The summed E-state index contributed by atoms with van der Waals surface area (Å²) in [6, 6.07) is 3.98. The van der Waals surface area contributed by atoms with Crippen LogP contribution < -0.4 is 10.7 Å². The standard InChI is InChI=1S/C15H17N7O2/c1-2-5-10(6-3-1)17-12-13(19-15-14(18-12)21-24-22-15)20-16-9-11-7-4-8-23-11/h4,7-10H,1-3,5-6H2,(H,17,18,21)(H,19,20,22). The monoisotopic (exact) mass is 327 g/mol. The highest BCUT2D eigenvalue weighted by molar-refractivity contribution is 5.78. The van der Waals surface area contributed by atoms with Crippen LogP contribution in [0.4, 0.5) is 11.6 Å². The van der Waals surface area contributed by atoms with Crippen LogP contribution in [0.3, 0.4) is 0 Å². The van der Waals surface area contributed by atoms with E-state index in [0.29, 0.717) is 34.7 Å². The highest BCUT2D eigenvalue weighted by Gasteiger charge is 2.18. The van der Waals surface area contributed by atoms with Crippen molar-refractivity contribution in [3.63, 3.8) is 0 Å². The molecule has 0 spiro atoms. The predicted octanol–water partition coefficient (Wildman–Crippen LogP) is 2.80. The number of hydrogen-bond acceptors (Lipinski definition) is 9. The molecule has 1 aliphatic rings. The molecule has 0 saturated heterocycles. The Hall–Kier alpha value is -2.97. The third-order valence-electron chi connectivity index (χ3n) is 3.97. The van der Waals surface area contributed by atoms with Gasteiger partial charge in [-0.05, 0) is 35.3 Å². The summed E-state index contributed by atoms with van der Waals surface area (Å²) in [7, 11) is 0. The van der Waals surface area contributed by atoms with Crippen LogP contribution in [0.5, 0.6) is 0 Å². The van der Waals surface area contributed by atoms with E-state index < -0.39 is 0 Å². The lowest BCUT2D eigenvalue weighted by atomic mass is 9.95. The van der Waals surface area contributed by atoms with Gasteiger partial charge in [0.1, 0.15) is 5.76 Å². The summed E-state index contributed by atoms with van der Waals surface area (Å²) in [4.78, 5) is 8.82. The molecule has 1 aliphatic carbocycles. The molecule has 3 heterocycles. The lowest BCUT2D eigenvalue weighted by Gasteiger charge is -2.23. The third kappa shape index (κ3) is 3.19. The summed E-state index contributed by atoms with van der Waals surface area (Å²) < 4.78 is 9.90. The minimum absolute atomic E-state index is 0.333. The van der Waals surface area contributed by atoms with Crippen LogP contribution in [-0.4, -0.2) is 32.5 Å². The van der Waals surface area contributed by atoms with Crippen LogP contribution in [0.25, 0.3) is 11.3 Å². The second-order valence-corrected chi connectivity index (χ2v) is 5.70. The number of hydrazone groups is 1. The van der Waals surface area contributed by atoms with Gasteiger partial charge in [0.25, 0.3) is 0 Å². The SMILES string of the molecule is C(=NNc1nc2nonc2nc1NC1CCCCC1)c1ccco1. The molecule has 0 radical (unpaired) electrons. The summed E-state index contributed by atoms with van der Waals surface area (Å²) in [5.41, 5.74) is 3.59. The van der Waals surface area contributed by atoms with Crippen molar-refractivity contribution in [1.82, 2.24) is 20.3 Å². The molecule has 0 unspecified atom stereocenters. The molecule has 2 N–H and O–H groups in total. The highest BCUT2D eigenvalue weighted by atomic mass is 16.6.